The monoisotopic (exact) mass is 385 g/mol. The van der Waals surface area contributed by atoms with E-state index in [1.165, 1.54) is 4.31 Å². The van der Waals surface area contributed by atoms with E-state index in [4.69, 9.17) is 4.74 Å². The lowest BCUT2D eigenvalue weighted by atomic mass is 10.2. The maximum absolute atomic E-state index is 13.1. The van der Waals surface area contributed by atoms with E-state index in [1.54, 1.807) is 0 Å². The van der Waals surface area contributed by atoms with Gasteiger partial charge in [0.25, 0.3) is 6.43 Å². The highest BCUT2D eigenvalue weighted by molar-refractivity contribution is 7.89. The number of hydrogen-bond donors (Lipinski definition) is 0. The van der Waals surface area contributed by atoms with Crippen molar-refractivity contribution in [3.05, 3.63) is 48.3 Å². The number of rotatable bonds is 8. The Labute approximate surface area is 151 Å². The van der Waals surface area contributed by atoms with E-state index < -0.39 is 23.0 Å². The number of ether oxygens (including phenoxy) is 1. The number of nitrogens with zero attached hydrogens (tertiary/aromatic N) is 3. The number of sulfonamides is 1. The van der Waals surface area contributed by atoms with Crippen LogP contribution in [0, 0.1) is 0 Å². The molecule has 1 aromatic heterocycles. The highest BCUT2D eigenvalue weighted by atomic mass is 32.2. The first-order valence-corrected chi connectivity index (χ1v) is 9.85. The molecule has 26 heavy (non-hydrogen) atoms. The van der Waals surface area contributed by atoms with Gasteiger partial charge in [-0.25, -0.2) is 17.2 Å². The quantitative estimate of drug-likeness (QED) is 0.700. The summed E-state index contributed by atoms with van der Waals surface area (Å²) in [6, 6.07) is 9.23. The van der Waals surface area contributed by atoms with Crippen LogP contribution in [0.4, 0.5) is 8.78 Å². The summed E-state index contributed by atoms with van der Waals surface area (Å²) in [5.74, 6) is 0. The summed E-state index contributed by atoms with van der Waals surface area (Å²) in [6.07, 6.45) is 1.20. The molecule has 1 unspecified atom stereocenters. The minimum atomic E-state index is -3.88. The third-order valence-electron chi connectivity index (χ3n) is 4.21. The number of benzene rings is 1. The first kappa shape index (κ1) is 18.9. The molecular formula is C17H21F2N3O3S. The zero-order chi connectivity index (χ0) is 18.6. The molecule has 0 saturated carbocycles. The second-order valence-corrected chi connectivity index (χ2v) is 8.15. The molecule has 142 valence electrons. The molecule has 1 fully saturated rings. The van der Waals surface area contributed by atoms with Crippen LogP contribution in [0.25, 0.3) is 0 Å². The fourth-order valence-electron chi connectivity index (χ4n) is 2.92. The molecule has 0 N–H and O–H groups in total. The van der Waals surface area contributed by atoms with Crippen molar-refractivity contribution in [1.29, 1.82) is 0 Å². The maximum atomic E-state index is 13.1. The summed E-state index contributed by atoms with van der Waals surface area (Å²) >= 11 is 0. The normalized spacial score (nSPS) is 18.1. The molecule has 2 aromatic rings. The van der Waals surface area contributed by atoms with Crippen LogP contribution in [-0.2, 0) is 27.8 Å². The molecule has 1 aliphatic heterocycles. The molecule has 2 heterocycles. The summed E-state index contributed by atoms with van der Waals surface area (Å²) < 4.78 is 59.0. The predicted molar refractivity (Wildman–Crippen MR) is 91.2 cm³/mol. The average molecular weight is 385 g/mol. The van der Waals surface area contributed by atoms with Gasteiger partial charge < -0.3 is 4.74 Å². The van der Waals surface area contributed by atoms with Crippen molar-refractivity contribution < 1.29 is 21.9 Å². The van der Waals surface area contributed by atoms with Gasteiger partial charge in [0.15, 0.2) is 0 Å². The molecule has 0 bridgehead atoms. The van der Waals surface area contributed by atoms with Crippen LogP contribution < -0.4 is 0 Å². The van der Waals surface area contributed by atoms with Crippen LogP contribution in [-0.4, -0.2) is 48.2 Å². The van der Waals surface area contributed by atoms with Gasteiger partial charge >= 0.3 is 0 Å². The van der Waals surface area contributed by atoms with Crippen molar-refractivity contribution in [1.82, 2.24) is 14.1 Å². The van der Waals surface area contributed by atoms with Crippen molar-refractivity contribution in [2.45, 2.75) is 43.4 Å². The summed E-state index contributed by atoms with van der Waals surface area (Å²) in [6.45, 7) is 0.385. The highest BCUT2D eigenvalue weighted by Crippen LogP contribution is 2.22. The van der Waals surface area contributed by atoms with E-state index in [0.717, 1.165) is 35.5 Å². The Morgan fingerprint density at radius 1 is 1.31 bits per heavy atom. The summed E-state index contributed by atoms with van der Waals surface area (Å²) in [7, 11) is -3.88. The number of aromatic nitrogens is 2. The molecule has 9 heteroatoms. The fourth-order valence-corrected chi connectivity index (χ4v) is 4.33. The topological polar surface area (TPSA) is 64.4 Å². The van der Waals surface area contributed by atoms with Gasteiger partial charge in [0.05, 0.1) is 12.3 Å². The molecular weight excluding hydrogens is 364 g/mol. The third kappa shape index (κ3) is 4.66. The van der Waals surface area contributed by atoms with Gasteiger partial charge in [-0.1, -0.05) is 30.3 Å². The molecule has 0 aliphatic carbocycles. The van der Waals surface area contributed by atoms with Crippen LogP contribution in [0.15, 0.2) is 47.6 Å². The van der Waals surface area contributed by atoms with E-state index in [-0.39, 0.29) is 24.1 Å². The molecule has 0 amide bonds. The molecule has 1 saturated heterocycles. The molecule has 3 rings (SSSR count). The van der Waals surface area contributed by atoms with Crippen LogP contribution in [0.1, 0.15) is 18.4 Å². The Morgan fingerprint density at radius 2 is 2.08 bits per heavy atom. The number of halogens is 2. The Balaban J connectivity index is 1.84. The van der Waals surface area contributed by atoms with Crippen molar-refractivity contribution in [3.8, 4) is 0 Å². The number of alkyl halides is 2. The molecule has 0 spiro atoms. The summed E-state index contributed by atoms with van der Waals surface area (Å²) in [4.78, 5) is -0.0907. The fraction of sp³-hybridized carbons (Fsp3) is 0.471. The SMILES string of the molecule is O=S(=O)(c1cnn(CC(F)F)c1)N(Cc1ccccc1)CC1CCCO1. The van der Waals surface area contributed by atoms with Gasteiger partial charge in [0, 0.05) is 25.9 Å². The van der Waals surface area contributed by atoms with E-state index in [0.29, 0.717) is 6.61 Å². The highest BCUT2D eigenvalue weighted by Gasteiger charge is 2.30. The van der Waals surface area contributed by atoms with Gasteiger partial charge in [-0.15, -0.1) is 0 Å². The lowest BCUT2D eigenvalue weighted by molar-refractivity contribution is 0.0926. The molecule has 1 aliphatic rings. The van der Waals surface area contributed by atoms with Crippen LogP contribution in [0.5, 0.6) is 0 Å². The standard InChI is InChI=1S/C17H21F2N3O3S/c18-17(19)13-21-12-16(9-20-21)26(23,24)22(11-15-7-4-8-25-15)10-14-5-2-1-3-6-14/h1-3,5-6,9,12,15,17H,4,7-8,10-11,13H2. The first-order valence-electron chi connectivity index (χ1n) is 8.41. The molecule has 1 aromatic carbocycles. The lowest BCUT2D eigenvalue weighted by Crippen LogP contribution is -2.36. The first-order chi connectivity index (χ1) is 12.4. The average Bonchev–Trinajstić information content (AvgIpc) is 3.27. The Morgan fingerprint density at radius 3 is 2.73 bits per heavy atom. The van der Waals surface area contributed by atoms with Crippen molar-refractivity contribution in [2.75, 3.05) is 13.2 Å². The zero-order valence-electron chi connectivity index (χ0n) is 14.2. The summed E-state index contributed by atoms with van der Waals surface area (Å²) in [5, 5.41) is 3.74. The molecule has 6 nitrogen and oxygen atoms in total. The van der Waals surface area contributed by atoms with Crippen molar-refractivity contribution in [2.24, 2.45) is 0 Å². The second kappa shape index (κ2) is 8.24. The number of hydrogen-bond acceptors (Lipinski definition) is 4. The van der Waals surface area contributed by atoms with Crippen LogP contribution in [0.3, 0.4) is 0 Å². The largest absolute Gasteiger partial charge is 0.377 e. The second-order valence-electron chi connectivity index (χ2n) is 6.21. The van der Waals surface area contributed by atoms with Gasteiger partial charge in [-0.2, -0.15) is 9.40 Å². The molecule has 0 radical (unpaired) electrons. The van der Waals surface area contributed by atoms with Gasteiger partial charge in [0.2, 0.25) is 10.0 Å². The molecule has 1 atom stereocenters. The Bertz CT molecular complexity index is 806. The minimum Gasteiger partial charge on any atom is -0.377 e. The van der Waals surface area contributed by atoms with Crippen molar-refractivity contribution in [3.63, 3.8) is 0 Å². The van der Waals surface area contributed by atoms with Crippen LogP contribution >= 0.6 is 0 Å². The van der Waals surface area contributed by atoms with Gasteiger partial charge in [0.1, 0.15) is 11.4 Å². The van der Waals surface area contributed by atoms with Gasteiger partial charge in [-0.3, -0.25) is 4.68 Å². The van der Waals surface area contributed by atoms with E-state index in [1.807, 2.05) is 30.3 Å². The van der Waals surface area contributed by atoms with E-state index >= 15 is 0 Å². The Hall–Kier alpha value is -1.84. The maximum Gasteiger partial charge on any atom is 0.257 e. The minimum absolute atomic E-state index is 0.0907. The summed E-state index contributed by atoms with van der Waals surface area (Å²) in [5.41, 5.74) is 0.842. The zero-order valence-corrected chi connectivity index (χ0v) is 15.0. The predicted octanol–water partition coefficient (Wildman–Crippen LogP) is 2.52. The van der Waals surface area contributed by atoms with Crippen molar-refractivity contribution >= 4 is 10.0 Å². The van der Waals surface area contributed by atoms with Crippen LogP contribution in [0.2, 0.25) is 0 Å². The Kier molecular flexibility index (Phi) is 6.00. The van der Waals surface area contributed by atoms with Gasteiger partial charge in [-0.05, 0) is 18.4 Å². The smallest absolute Gasteiger partial charge is 0.257 e. The van der Waals surface area contributed by atoms with E-state index in [9.17, 15) is 17.2 Å². The van der Waals surface area contributed by atoms with E-state index in [2.05, 4.69) is 5.10 Å². The third-order valence-corrected chi connectivity index (χ3v) is 5.97. The lowest BCUT2D eigenvalue weighted by Gasteiger charge is -2.24.